The minimum atomic E-state index is -1.44. The van der Waals surface area contributed by atoms with Crippen LogP contribution in [-0.4, -0.2) is 90.6 Å². The number of carbonyl (C=O) groups is 4. The molecule has 0 saturated carbocycles. The van der Waals surface area contributed by atoms with E-state index in [4.69, 9.17) is 0 Å². The van der Waals surface area contributed by atoms with E-state index < -0.39 is 51.9 Å². The molecule has 2 saturated heterocycles. The Labute approximate surface area is 182 Å². The molecule has 1 aromatic rings. The molecule has 2 aliphatic heterocycles. The van der Waals surface area contributed by atoms with Crippen LogP contribution in [-0.2, 0) is 19.2 Å². The van der Waals surface area contributed by atoms with Crippen molar-refractivity contribution in [3.8, 4) is 0 Å². The first-order valence-corrected chi connectivity index (χ1v) is 8.84. The molecule has 140 valence electrons. The Hall–Kier alpha value is -1.55. The Morgan fingerprint density at radius 3 is 2.30 bits per heavy atom. The van der Waals surface area contributed by atoms with E-state index in [-0.39, 0.29) is 29.6 Å². The summed E-state index contributed by atoms with van der Waals surface area (Å²) in [5.74, 6) is -5.16. The number of carboxylic acids is 2. The van der Waals surface area contributed by atoms with Gasteiger partial charge < -0.3 is 20.4 Å². The topological polar surface area (TPSA) is 124 Å². The number of hydrogen-bond acceptors (Lipinski definition) is 5. The van der Waals surface area contributed by atoms with Crippen molar-refractivity contribution in [1.29, 1.82) is 0 Å². The second-order valence-corrected chi connectivity index (χ2v) is 8.54. The second kappa shape index (κ2) is 7.83. The zero-order valence-electron chi connectivity index (χ0n) is 14.1. The Balaban J connectivity index is 0.00000261. The molecule has 3 N–H and O–H groups in total. The number of nitrogens with zero attached hydrogens (tertiary/aromatic N) is 1. The van der Waals surface area contributed by atoms with Crippen molar-refractivity contribution in [3.63, 3.8) is 0 Å². The van der Waals surface area contributed by atoms with Gasteiger partial charge in [0, 0.05) is 4.75 Å². The molecule has 0 spiro atoms. The van der Waals surface area contributed by atoms with E-state index >= 15 is 0 Å². The summed E-state index contributed by atoms with van der Waals surface area (Å²) in [5.41, 5.74) is 0.309. The summed E-state index contributed by atoms with van der Waals surface area (Å²) < 4.78 is -0.711. The molecule has 27 heavy (non-hydrogen) atoms. The monoisotopic (exact) mass is 402 g/mol. The summed E-state index contributed by atoms with van der Waals surface area (Å²) >= 11 is 1.29. The molecule has 10 heteroatoms. The van der Waals surface area contributed by atoms with Crippen molar-refractivity contribution < 1.29 is 29.4 Å². The fraction of sp³-hybridized carbons (Fsp3) is 0.412. The predicted octanol–water partition coefficient (Wildman–Crippen LogP) is -0.162. The van der Waals surface area contributed by atoms with Gasteiger partial charge in [0.2, 0.25) is 11.8 Å². The van der Waals surface area contributed by atoms with Crippen LogP contribution in [0.4, 0.5) is 0 Å². The third kappa shape index (κ3) is 3.73. The van der Waals surface area contributed by atoms with Crippen LogP contribution < -0.4 is 5.32 Å². The van der Waals surface area contributed by atoms with Crippen LogP contribution in [0, 0.1) is 0 Å². The molecule has 8 nitrogen and oxygen atoms in total. The van der Waals surface area contributed by atoms with E-state index in [9.17, 15) is 29.4 Å². The van der Waals surface area contributed by atoms with Gasteiger partial charge in [-0.3, -0.25) is 14.4 Å². The number of carbonyl (C=O) groups excluding carboxylic acids is 2. The van der Waals surface area contributed by atoms with Crippen LogP contribution >= 0.6 is 11.8 Å². The van der Waals surface area contributed by atoms with Gasteiger partial charge in [0.15, 0.2) is 5.92 Å². The maximum absolute atomic E-state index is 12.5. The van der Waals surface area contributed by atoms with Gasteiger partial charge in [0.05, 0.1) is 0 Å². The van der Waals surface area contributed by atoms with Crippen molar-refractivity contribution in [2.75, 3.05) is 0 Å². The third-order valence-electron chi connectivity index (χ3n) is 4.61. The van der Waals surface area contributed by atoms with Crippen molar-refractivity contribution in [1.82, 2.24) is 10.2 Å². The number of nitrogens with one attached hydrogen (secondary N) is 1. The summed E-state index contributed by atoms with van der Waals surface area (Å²) in [7, 11) is 0. The third-order valence-corrected chi connectivity index (χ3v) is 6.19. The van der Waals surface area contributed by atoms with E-state index in [0.717, 1.165) is 0 Å². The van der Waals surface area contributed by atoms with E-state index in [1.54, 1.807) is 32.0 Å². The summed E-state index contributed by atoms with van der Waals surface area (Å²) in [6.07, 6.45) is 0. The summed E-state index contributed by atoms with van der Waals surface area (Å²) in [6, 6.07) is 6.10. The Kier molecular flexibility index (Phi) is 6.30. The Bertz CT molecular complexity index is 787. The van der Waals surface area contributed by atoms with E-state index in [1.807, 2.05) is 0 Å². The number of hydrogen-bond donors (Lipinski definition) is 3. The van der Waals surface area contributed by atoms with Crippen molar-refractivity contribution >= 4 is 65.1 Å². The van der Waals surface area contributed by atoms with E-state index in [2.05, 4.69) is 5.32 Å². The molecule has 2 aliphatic rings. The SMILES string of the molecule is CC1(C)S[C@@H]2C(NC(=O)C(C(=O)O)c3ccccc3)C(=O)N2[C@H]1C(=O)O.[NaH]. The van der Waals surface area contributed by atoms with Crippen molar-refractivity contribution in [2.45, 2.75) is 42.0 Å². The first-order chi connectivity index (χ1) is 12.1. The molecule has 2 fully saturated rings. The number of amides is 2. The van der Waals surface area contributed by atoms with Gasteiger partial charge in [0.25, 0.3) is 0 Å². The number of β-lactam (4-membered cyclic amide) rings is 1. The molecular formula is C17H19N2NaO6S. The molecule has 0 aromatic heterocycles. The van der Waals surface area contributed by atoms with Crippen LogP contribution in [0.15, 0.2) is 30.3 Å². The molecule has 0 radical (unpaired) electrons. The maximum atomic E-state index is 12.5. The number of rotatable bonds is 5. The Morgan fingerprint density at radius 2 is 1.78 bits per heavy atom. The van der Waals surface area contributed by atoms with Crippen molar-refractivity contribution in [3.05, 3.63) is 35.9 Å². The van der Waals surface area contributed by atoms with Gasteiger partial charge in [-0.05, 0) is 19.4 Å². The molecular weight excluding hydrogens is 383 g/mol. The number of aliphatic carboxylic acids is 2. The van der Waals surface area contributed by atoms with Gasteiger partial charge in [0.1, 0.15) is 17.5 Å². The van der Waals surface area contributed by atoms with Crippen LogP contribution in [0.1, 0.15) is 25.3 Å². The molecule has 2 unspecified atom stereocenters. The molecule has 2 heterocycles. The molecule has 0 bridgehead atoms. The van der Waals surface area contributed by atoms with Gasteiger partial charge in [-0.25, -0.2) is 4.79 Å². The fourth-order valence-electron chi connectivity index (χ4n) is 3.43. The van der Waals surface area contributed by atoms with Crippen LogP contribution in [0.3, 0.4) is 0 Å². The van der Waals surface area contributed by atoms with Crippen LogP contribution in [0.5, 0.6) is 0 Å². The van der Waals surface area contributed by atoms with E-state index in [1.165, 1.54) is 28.8 Å². The molecule has 1 aromatic carbocycles. The summed E-state index contributed by atoms with van der Waals surface area (Å²) in [4.78, 5) is 49.2. The second-order valence-electron chi connectivity index (χ2n) is 6.77. The standard InChI is InChI=1S/C17H18N2O6S.Na.H/c1-17(2)11(16(24)25)19-13(21)10(14(19)26-17)18-12(20)9(15(22)23)8-6-4-3-5-7-8;;/h3-7,9-11,14H,1-2H3,(H,18,20)(H,22,23)(H,24,25);;/t9?,10?,11-,14+;;/m0../s1. The number of fused-ring (bicyclic) bond motifs is 1. The van der Waals surface area contributed by atoms with Crippen molar-refractivity contribution in [2.24, 2.45) is 0 Å². The fourth-order valence-corrected chi connectivity index (χ4v) is 5.06. The summed E-state index contributed by atoms with van der Waals surface area (Å²) in [6.45, 7) is 3.45. The van der Waals surface area contributed by atoms with Crippen LogP contribution in [0.25, 0.3) is 0 Å². The van der Waals surface area contributed by atoms with Gasteiger partial charge in [-0.2, -0.15) is 0 Å². The average molecular weight is 402 g/mol. The first-order valence-electron chi connectivity index (χ1n) is 7.96. The zero-order valence-corrected chi connectivity index (χ0v) is 14.9. The molecule has 2 amide bonds. The number of carboxylic acid groups (broad SMARTS) is 2. The Morgan fingerprint density at radius 1 is 1.19 bits per heavy atom. The normalized spacial score (nSPS) is 26.2. The van der Waals surface area contributed by atoms with Gasteiger partial charge in [-0.15, -0.1) is 11.8 Å². The van der Waals surface area contributed by atoms with Gasteiger partial charge >= 0.3 is 41.5 Å². The molecule has 0 aliphatic carbocycles. The predicted molar refractivity (Wildman–Crippen MR) is 99.6 cm³/mol. The zero-order chi connectivity index (χ0) is 19.2. The minimum absolute atomic E-state index is 0. The quantitative estimate of drug-likeness (QED) is 0.355. The van der Waals surface area contributed by atoms with Crippen LogP contribution in [0.2, 0.25) is 0 Å². The average Bonchev–Trinajstić information content (AvgIpc) is 2.82. The molecule has 4 atom stereocenters. The molecule has 3 rings (SSSR count). The van der Waals surface area contributed by atoms with E-state index in [0.29, 0.717) is 5.56 Å². The first kappa shape index (κ1) is 21.7. The number of benzene rings is 1. The summed E-state index contributed by atoms with van der Waals surface area (Å²) in [5, 5.41) is 20.8. The number of thioether (sulfide) groups is 1. The van der Waals surface area contributed by atoms with Gasteiger partial charge in [-0.1, -0.05) is 30.3 Å².